The Balaban J connectivity index is 2.02. The van der Waals surface area contributed by atoms with Crippen molar-refractivity contribution in [1.29, 1.82) is 0 Å². The number of carbonyl (C=O) groups is 1. The third-order valence-electron chi connectivity index (χ3n) is 4.73. The van der Waals surface area contributed by atoms with E-state index in [1.54, 1.807) is 0 Å². The summed E-state index contributed by atoms with van der Waals surface area (Å²) >= 11 is 0. The summed E-state index contributed by atoms with van der Waals surface area (Å²) in [5.74, 6) is 0.880. The lowest BCUT2D eigenvalue weighted by molar-refractivity contribution is -0.167. The lowest BCUT2D eigenvalue weighted by Crippen LogP contribution is -2.65. The number of β-amino-alcohol motifs (C(OH)–C–C–N with tert-alkyl or cyclic N) is 1. The first-order chi connectivity index (χ1) is 8.41. The predicted octanol–water partition coefficient (Wildman–Crippen LogP) is 2.58. The van der Waals surface area contributed by atoms with Crippen LogP contribution in [0.5, 0.6) is 0 Å². The Kier molecular flexibility index (Phi) is 3.72. The third-order valence-corrected chi connectivity index (χ3v) is 4.73. The second-order valence-corrected chi connectivity index (χ2v) is 6.82. The van der Waals surface area contributed by atoms with Crippen LogP contribution in [0.1, 0.15) is 59.3 Å². The van der Waals surface area contributed by atoms with Crippen molar-refractivity contribution >= 4 is 5.91 Å². The van der Waals surface area contributed by atoms with Gasteiger partial charge < -0.3 is 10.0 Å². The second-order valence-electron chi connectivity index (χ2n) is 6.82. The topological polar surface area (TPSA) is 40.5 Å². The summed E-state index contributed by atoms with van der Waals surface area (Å²) in [5.41, 5.74) is -0.712. The molecule has 1 heterocycles. The molecule has 104 valence electrons. The van der Waals surface area contributed by atoms with Gasteiger partial charge in [-0.1, -0.05) is 33.6 Å². The Morgan fingerprint density at radius 2 is 1.83 bits per heavy atom. The van der Waals surface area contributed by atoms with Gasteiger partial charge in [-0.05, 0) is 31.6 Å². The molecule has 2 rings (SSSR count). The minimum atomic E-state index is -0.604. The highest BCUT2D eigenvalue weighted by molar-refractivity contribution is 5.84. The number of aliphatic hydroxyl groups is 1. The zero-order valence-electron chi connectivity index (χ0n) is 12.0. The van der Waals surface area contributed by atoms with E-state index in [2.05, 4.69) is 13.8 Å². The molecule has 0 atom stereocenters. The molecule has 2 aliphatic rings. The number of likely N-dealkylation sites (tertiary alicyclic amines) is 1. The number of hydrogen-bond donors (Lipinski definition) is 1. The zero-order chi connectivity index (χ0) is 13.4. The van der Waals surface area contributed by atoms with E-state index in [0.717, 1.165) is 25.7 Å². The van der Waals surface area contributed by atoms with Crippen LogP contribution in [0.2, 0.25) is 0 Å². The number of amides is 1. The Bertz CT molecular complexity index is 312. The molecule has 1 N–H and O–H groups in total. The summed E-state index contributed by atoms with van der Waals surface area (Å²) in [6.45, 7) is 7.48. The van der Waals surface area contributed by atoms with Gasteiger partial charge in [0.25, 0.3) is 0 Å². The van der Waals surface area contributed by atoms with E-state index >= 15 is 0 Å². The average Bonchev–Trinajstić information content (AvgIpc) is 2.72. The van der Waals surface area contributed by atoms with Gasteiger partial charge in [0.1, 0.15) is 0 Å². The van der Waals surface area contributed by atoms with Gasteiger partial charge in [0.2, 0.25) is 5.91 Å². The van der Waals surface area contributed by atoms with Gasteiger partial charge >= 0.3 is 0 Å². The predicted molar refractivity (Wildman–Crippen MR) is 72.2 cm³/mol. The number of nitrogens with zero attached hydrogens (tertiary/aromatic N) is 1. The molecule has 0 radical (unpaired) electrons. The van der Waals surface area contributed by atoms with Gasteiger partial charge in [0.05, 0.1) is 18.7 Å². The summed E-state index contributed by atoms with van der Waals surface area (Å²) in [4.78, 5) is 14.6. The summed E-state index contributed by atoms with van der Waals surface area (Å²) in [6, 6.07) is 0. The molecule has 0 aromatic rings. The molecule has 1 aliphatic carbocycles. The van der Waals surface area contributed by atoms with Crippen LogP contribution in [0.25, 0.3) is 0 Å². The highest BCUT2D eigenvalue weighted by atomic mass is 16.3. The molecule has 1 saturated carbocycles. The number of hydrogen-bond acceptors (Lipinski definition) is 2. The fourth-order valence-corrected chi connectivity index (χ4v) is 3.71. The Morgan fingerprint density at radius 3 is 2.28 bits per heavy atom. The molecule has 3 heteroatoms. The van der Waals surface area contributed by atoms with E-state index < -0.39 is 5.60 Å². The molecule has 0 aromatic carbocycles. The van der Waals surface area contributed by atoms with Crippen LogP contribution < -0.4 is 0 Å². The van der Waals surface area contributed by atoms with Crippen molar-refractivity contribution < 1.29 is 9.90 Å². The minimum Gasteiger partial charge on any atom is -0.386 e. The maximum absolute atomic E-state index is 12.7. The second kappa shape index (κ2) is 4.84. The smallest absolute Gasteiger partial charge is 0.228 e. The van der Waals surface area contributed by atoms with Crippen LogP contribution in [0.4, 0.5) is 0 Å². The fraction of sp³-hybridized carbons (Fsp3) is 0.933. The van der Waals surface area contributed by atoms with Crippen LogP contribution in [0, 0.1) is 11.3 Å². The molecule has 2 fully saturated rings. The first kappa shape index (κ1) is 13.9. The molecule has 18 heavy (non-hydrogen) atoms. The van der Waals surface area contributed by atoms with Crippen molar-refractivity contribution in [3.05, 3.63) is 0 Å². The van der Waals surface area contributed by atoms with Gasteiger partial charge in [-0.2, -0.15) is 0 Å². The zero-order valence-corrected chi connectivity index (χ0v) is 12.0. The Labute approximate surface area is 111 Å². The molecule has 0 spiro atoms. The monoisotopic (exact) mass is 253 g/mol. The Morgan fingerprint density at radius 1 is 1.28 bits per heavy atom. The normalized spacial score (nSPS) is 25.3. The van der Waals surface area contributed by atoms with E-state index in [1.165, 1.54) is 12.8 Å². The van der Waals surface area contributed by atoms with Gasteiger partial charge in [0, 0.05) is 5.41 Å². The molecule has 1 amide bonds. The van der Waals surface area contributed by atoms with Gasteiger partial charge in [0.15, 0.2) is 0 Å². The minimum absolute atomic E-state index is 0.108. The van der Waals surface area contributed by atoms with E-state index in [0.29, 0.717) is 24.9 Å². The lowest BCUT2D eigenvalue weighted by Gasteiger charge is -2.49. The van der Waals surface area contributed by atoms with Gasteiger partial charge in [-0.25, -0.2) is 0 Å². The van der Waals surface area contributed by atoms with Crippen molar-refractivity contribution in [2.45, 2.75) is 64.9 Å². The average molecular weight is 253 g/mol. The third kappa shape index (κ3) is 2.42. The van der Waals surface area contributed by atoms with Crippen molar-refractivity contribution in [3.8, 4) is 0 Å². The molecule has 0 aromatic heterocycles. The van der Waals surface area contributed by atoms with E-state index in [-0.39, 0.29) is 5.41 Å². The number of rotatable bonds is 4. The van der Waals surface area contributed by atoms with Crippen molar-refractivity contribution in [3.63, 3.8) is 0 Å². The van der Waals surface area contributed by atoms with Crippen LogP contribution in [0.15, 0.2) is 0 Å². The maximum Gasteiger partial charge on any atom is 0.228 e. The first-order valence-corrected chi connectivity index (χ1v) is 7.43. The quantitative estimate of drug-likeness (QED) is 0.836. The van der Waals surface area contributed by atoms with Crippen LogP contribution >= 0.6 is 0 Å². The Hall–Kier alpha value is -0.570. The highest BCUT2D eigenvalue weighted by Crippen LogP contribution is 2.46. The summed E-state index contributed by atoms with van der Waals surface area (Å²) < 4.78 is 0. The standard InChI is InChI=1S/C15H27NO2/c1-4-15(18)10-16(11-15)13(17)14(9-12(2)3)7-5-6-8-14/h12,18H,4-11H2,1-3H3. The van der Waals surface area contributed by atoms with Crippen LogP contribution in [-0.4, -0.2) is 34.6 Å². The van der Waals surface area contributed by atoms with E-state index in [9.17, 15) is 9.90 Å². The molecule has 0 unspecified atom stereocenters. The summed E-state index contributed by atoms with van der Waals surface area (Å²) in [7, 11) is 0. The van der Waals surface area contributed by atoms with Crippen molar-refractivity contribution in [2.75, 3.05) is 13.1 Å². The first-order valence-electron chi connectivity index (χ1n) is 7.43. The molecule has 0 bridgehead atoms. The van der Waals surface area contributed by atoms with Gasteiger partial charge in [-0.15, -0.1) is 0 Å². The molecular weight excluding hydrogens is 226 g/mol. The SMILES string of the molecule is CCC1(O)CN(C(=O)C2(CC(C)C)CCCC2)C1. The lowest BCUT2D eigenvalue weighted by atomic mass is 9.75. The summed E-state index contributed by atoms with van der Waals surface area (Å²) in [6.07, 6.45) is 6.21. The van der Waals surface area contributed by atoms with Crippen molar-refractivity contribution in [1.82, 2.24) is 4.90 Å². The van der Waals surface area contributed by atoms with E-state index in [4.69, 9.17) is 0 Å². The molecule has 3 nitrogen and oxygen atoms in total. The molecular formula is C15H27NO2. The van der Waals surface area contributed by atoms with Crippen LogP contribution in [0.3, 0.4) is 0 Å². The van der Waals surface area contributed by atoms with Crippen molar-refractivity contribution in [2.24, 2.45) is 11.3 Å². The largest absolute Gasteiger partial charge is 0.386 e. The van der Waals surface area contributed by atoms with E-state index in [1.807, 2.05) is 11.8 Å². The van der Waals surface area contributed by atoms with Gasteiger partial charge in [-0.3, -0.25) is 4.79 Å². The van der Waals surface area contributed by atoms with Crippen LogP contribution in [-0.2, 0) is 4.79 Å². The maximum atomic E-state index is 12.7. The molecule has 1 aliphatic heterocycles. The number of carbonyl (C=O) groups excluding carboxylic acids is 1. The summed E-state index contributed by atoms with van der Waals surface area (Å²) in [5, 5.41) is 10.1. The fourth-order valence-electron chi connectivity index (χ4n) is 3.71. The highest BCUT2D eigenvalue weighted by Gasteiger charge is 2.50. The molecule has 1 saturated heterocycles.